The normalized spacial score (nSPS) is 22.2. The summed E-state index contributed by atoms with van der Waals surface area (Å²) in [5.74, 6) is -1.14. The van der Waals surface area contributed by atoms with E-state index in [1.165, 1.54) is 36.1 Å². The Balaban J connectivity index is 1.11. The molecule has 0 bridgehead atoms. The third kappa shape index (κ3) is 7.04. The van der Waals surface area contributed by atoms with E-state index in [9.17, 15) is 13.8 Å². The van der Waals surface area contributed by atoms with Crippen LogP contribution in [0.4, 0.5) is 8.78 Å². The van der Waals surface area contributed by atoms with E-state index in [0.29, 0.717) is 71.5 Å². The molecule has 1 amide bonds. The fourth-order valence-corrected chi connectivity index (χ4v) is 12.0. The number of H-pyrrole nitrogens is 1. The highest BCUT2D eigenvalue weighted by molar-refractivity contribution is 7.93. The number of imidazole rings is 1. The smallest absolute Gasteiger partial charge is 0.380 e. The number of aromatic amines is 1. The lowest BCUT2D eigenvalue weighted by Crippen LogP contribution is -2.41. The molecule has 0 unspecified atom stereocenters. The standard InChI is InChI=1S/C49H53F2N9O6S/c1-9-67(64,52-8)35-11-13-39(36(50)22-35)57-16-17-58(47(57)63)43-41-30(5)56(15-14-37(41)54-60(43)34-18-27(2)42(51)28(3)19-34)44(61)40-21-32-20-31(33-24-48(6,7)26-65-25-33)10-12-38(32)59(40)49(23-29(49)4)45-53-46(62)66-55-45/h10-13,16-22,29-30,33H,9,14-15,23-26H2,1-8H3,(H,53,55,62)/t29-,30-,33+,49-,67+/m0/s1. The van der Waals surface area contributed by atoms with Crippen molar-refractivity contribution in [3.63, 3.8) is 0 Å². The SMILES string of the molecule is CC[S@](=O)(=NC)c1ccc(-n2ccn(-c3c4c(nn3-c3cc(C)c(F)c(C)c3)CCN(C(=O)c3cc5cc([C@H]6COCC(C)(C)C6)ccc5n3[C@@]3(c5noc(=O)[nH]5)C[C@@H]3C)[C@H]4C)c2=O)c(F)c1. The summed E-state index contributed by atoms with van der Waals surface area (Å²) in [4.78, 5) is 47.4. The summed E-state index contributed by atoms with van der Waals surface area (Å²) in [7, 11) is -1.42. The van der Waals surface area contributed by atoms with Crippen molar-refractivity contribution in [2.75, 3.05) is 32.6 Å². The Bertz CT molecular complexity index is 3400. The number of hydrogen-bond donors (Lipinski definition) is 1. The molecule has 0 radical (unpaired) electrons. The second-order valence-corrected chi connectivity index (χ2v) is 21.9. The Morgan fingerprint density at radius 1 is 1.00 bits per heavy atom. The molecule has 1 saturated carbocycles. The van der Waals surface area contributed by atoms with Gasteiger partial charge in [-0.15, -0.1) is 0 Å². The number of ether oxygens (including phenoxy) is 1. The molecule has 4 aromatic heterocycles. The van der Waals surface area contributed by atoms with Gasteiger partial charge in [0.2, 0.25) is 0 Å². The number of aromatic nitrogens is 7. The zero-order valence-corrected chi connectivity index (χ0v) is 39.5. The molecule has 3 aliphatic rings. The van der Waals surface area contributed by atoms with Crippen LogP contribution < -0.4 is 11.4 Å². The van der Waals surface area contributed by atoms with Crippen LogP contribution in [0.2, 0.25) is 0 Å². The lowest BCUT2D eigenvalue weighted by Gasteiger charge is -2.35. The minimum atomic E-state index is -2.85. The summed E-state index contributed by atoms with van der Waals surface area (Å²) in [6, 6.07) is 14.9. The lowest BCUT2D eigenvalue weighted by atomic mass is 9.79. The number of halogens is 2. The summed E-state index contributed by atoms with van der Waals surface area (Å²) in [6.07, 6.45) is 4.81. The average Bonchev–Trinajstić information content (AvgIpc) is 3.79. The van der Waals surface area contributed by atoms with E-state index in [1.807, 2.05) is 30.5 Å². The molecule has 10 rings (SSSR count). The Morgan fingerprint density at radius 3 is 2.37 bits per heavy atom. The summed E-state index contributed by atoms with van der Waals surface area (Å²) >= 11 is 0. The van der Waals surface area contributed by atoms with Gasteiger partial charge in [-0.1, -0.05) is 38.9 Å². The quantitative estimate of drug-likeness (QED) is 0.153. The topological polar surface area (TPSA) is 168 Å². The van der Waals surface area contributed by atoms with Gasteiger partial charge in [-0.05, 0) is 110 Å². The highest BCUT2D eigenvalue weighted by Crippen LogP contribution is 2.56. The summed E-state index contributed by atoms with van der Waals surface area (Å²) in [6.45, 7) is 14.9. The van der Waals surface area contributed by atoms with E-state index in [1.54, 1.807) is 42.5 Å². The molecule has 7 aromatic rings. The maximum Gasteiger partial charge on any atom is 0.438 e. The number of carbonyl (C=O) groups excluding carboxylic acids is 1. The fourth-order valence-electron chi connectivity index (χ4n) is 10.7. The molecule has 2 aliphatic heterocycles. The first-order valence-corrected chi connectivity index (χ1v) is 24.3. The van der Waals surface area contributed by atoms with Crippen molar-refractivity contribution in [3.8, 4) is 17.2 Å². The second-order valence-electron chi connectivity index (χ2n) is 19.2. The molecule has 6 heterocycles. The van der Waals surface area contributed by atoms with Crippen LogP contribution in [0, 0.1) is 36.8 Å². The zero-order valence-electron chi connectivity index (χ0n) is 38.7. The van der Waals surface area contributed by atoms with Crippen molar-refractivity contribution in [2.24, 2.45) is 15.7 Å². The van der Waals surface area contributed by atoms with E-state index in [0.717, 1.165) is 33.5 Å². The van der Waals surface area contributed by atoms with Gasteiger partial charge in [0, 0.05) is 60.5 Å². The monoisotopic (exact) mass is 933 g/mol. The number of aryl methyl sites for hydroxylation is 2. The van der Waals surface area contributed by atoms with Crippen LogP contribution in [0.25, 0.3) is 28.1 Å². The van der Waals surface area contributed by atoms with E-state index in [2.05, 4.69) is 40.5 Å². The average molecular weight is 934 g/mol. The van der Waals surface area contributed by atoms with Gasteiger partial charge >= 0.3 is 11.4 Å². The molecule has 2 fully saturated rings. The molecule has 67 heavy (non-hydrogen) atoms. The van der Waals surface area contributed by atoms with Crippen LogP contribution >= 0.6 is 0 Å². The van der Waals surface area contributed by atoms with E-state index < -0.39 is 38.6 Å². The van der Waals surface area contributed by atoms with Crippen molar-refractivity contribution >= 4 is 26.5 Å². The van der Waals surface area contributed by atoms with Gasteiger partial charge in [-0.25, -0.2) is 31.6 Å². The predicted octanol–water partition coefficient (Wildman–Crippen LogP) is 7.89. The van der Waals surface area contributed by atoms with Crippen molar-refractivity contribution in [3.05, 3.63) is 139 Å². The van der Waals surface area contributed by atoms with Crippen molar-refractivity contribution in [1.29, 1.82) is 0 Å². The first-order chi connectivity index (χ1) is 31.9. The van der Waals surface area contributed by atoms with E-state index >= 15 is 13.6 Å². The molecule has 0 spiro atoms. The minimum Gasteiger partial charge on any atom is -0.380 e. The zero-order chi connectivity index (χ0) is 47.5. The minimum absolute atomic E-state index is 0.00360. The van der Waals surface area contributed by atoms with Crippen LogP contribution in [0.15, 0.2) is 90.4 Å². The molecule has 350 valence electrons. The van der Waals surface area contributed by atoms with E-state index in [-0.39, 0.29) is 51.9 Å². The highest BCUT2D eigenvalue weighted by Gasteiger charge is 2.59. The van der Waals surface area contributed by atoms with Gasteiger partial charge in [0.1, 0.15) is 28.7 Å². The van der Waals surface area contributed by atoms with Crippen LogP contribution in [0.1, 0.15) is 104 Å². The van der Waals surface area contributed by atoms with E-state index in [4.69, 9.17) is 14.4 Å². The first kappa shape index (κ1) is 44.4. The van der Waals surface area contributed by atoms with Crippen molar-refractivity contribution in [2.45, 2.75) is 90.1 Å². The maximum absolute atomic E-state index is 16.0. The van der Waals surface area contributed by atoms with Crippen LogP contribution in [-0.4, -0.2) is 81.2 Å². The fraction of sp³-hybridized carbons (Fsp3) is 0.408. The number of hydrogen-bond acceptors (Lipinski definition) is 9. The van der Waals surface area contributed by atoms with Crippen LogP contribution in [-0.2, 0) is 26.4 Å². The molecule has 18 heteroatoms. The number of nitrogens with one attached hydrogen (secondary N) is 1. The predicted molar refractivity (Wildman–Crippen MR) is 248 cm³/mol. The second kappa shape index (κ2) is 15.9. The Hall–Kier alpha value is -6.40. The molecule has 5 atom stereocenters. The Morgan fingerprint density at radius 2 is 1.73 bits per heavy atom. The van der Waals surface area contributed by atoms with Gasteiger partial charge in [-0.2, -0.15) is 5.10 Å². The molecule has 1 N–H and O–H groups in total. The van der Waals surface area contributed by atoms with Gasteiger partial charge < -0.3 is 14.2 Å². The summed E-state index contributed by atoms with van der Waals surface area (Å²) < 4.78 is 65.7. The summed E-state index contributed by atoms with van der Waals surface area (Å²) in [5, 5.41) is 10.1. The molecular formula is C49H53F2N9O6S. The molecule has 1 saturated heterocycles. The first-order valence-electron chi connectivity index (χ1n) is 22.6. The number of nitrogens with zero attached hydrogens (tertiary/aromatic N) is 8. The van der Waals surface area contributed by atoms with Gasteiger partial charge in [-0.3, -0.25) is 23.4 Å². The maximum atomic E-state index is 16.0. The highest BCUT2D eigenvalue weighted by atomic mass is 32.2. The molecule has 1 aliphatic carbocycles. The van der Waals surface area contributed by atoms with Crippen molar-refractivity contribution < 1.29 is 27.0 Å². The molecular weight excluding hydrogens is 881 g/mol. The Kier molecular flexibility index (Phi) is 10.5. The van der Waals surface area contributed by atoms with Crippen LogP contribution in [0.5, 0.6) is 0 Å². The number of benzene rings is 3. The van der Waals surface area contributed by atoms with Gasteiger partial charge in [0.05, 0.1) is 50.9 Å². The number of fused-ring (bicyclic) bond motifs is 2. The third-order valence-electron chi connectivity index (χ3n) is 14.3. The summed E-state index contributed by atoms with van der Waals surface area (Å²) in [5.41, 5.74) is 3.19. The van der Waals surface area contributed by atoms with Gasteiger partial charge in [0.15, 0.2) is 5.82 Å². The van der Waals surface area contributed by atoms with Gasteiger partial charge in [0.25, 0.3) is 5.91 Å². The number of carbonyl (C=O) groups is 1. The lowest BCUT2D eigenvalue weighted by molar-refractivity contribution is -0.00187. The largest absolute Gasteiger partial charge is 0.438 e. The van der Waals surface area contributed by atoms with Crippen LogP contribution in [0.3, 0.4) is 0 Å². The molecule has 15 nitrogen and oxygen atoms in total. The third-order valence-corrected chi connectivity index (χ3v) is 16.6. The molecule has 3 aromatic carbocycles. The van der Waals surface area contributed by atoms with Crippen molar-refractivity contribution in [1.82, 2.24) is 38.5 Å². The Labute approximate surface area is 385 Å². The number of rotatable bonds is 9. The number of amides is 1.